The molecule has 0 aliphatic carbocycles. The van der Waals surface area contributed by atoms with Crippen molar-refractivity contribution in [1.29, 1.82) is 0 Å². The Kier molecular flexibility index (Phi) is 9.07. The molecule has 3 rings (SSSR count). The zero-order chi connectivity index (χ0) is 22.1. The molecule has 0 saturated carbocycles. The number of aliphatic hydroxyl groups excluding tert-OH is 2. The first-order valence-corrected chi connectivity index (χ1v) is 11.6. The lowest BCUT2D eigenvalue weighted by molar-refractivity contribution is -0.124. The van der Waals surface area contributed by atoms with Crippen molar-refractivity contribution in [1.82, 2.24) is 10.6 Å². The number of rotatable bonds is 10. The Labute approximate surface area is 185 Å². The molecule has 0 spiro atoms. The lowest BCUT2D eigenvalue weighted by atomic mass is 9.76. The van der Waals surface area contributed by atoms with Crippen LogP contribution >= 0.6 is 0 Å². The molecule has 1 aliphatic heterocycles. The molecule has 2 aromatic rings. The molecule has 2 unspecified atom stereocenters. The van der Waals surface area contributed by atoms with Crippen molar-refractivity contribution >= 4 is 5.91 Å². The maximum absolute atomic E-state index is 12.4. The second-order valence-electron chi connectivity index (χ2n) is 8.62. The van der Waals surface area contributed by atoms with Crippen LogP contribution in [0.4, 0.5) is 0 Å². The number of hydrogen-bond donors (Lipinski definition) is 4. The highest BCUT2D eigenvalue weighted by Gasteiger charge is 2.33. The minimum Gasteiger partial charge on any atom is -0.388 e. The fourth-order valence-corrected chi connectivity index (χ4v) is 4.65. The van der Waals surface area contributed by atoms with E-state index >= 15 is 0 Å². The fourth-order valence-electron chi connectivity index (χ4n) is 4.65. The van der Waals surface area contributed by atoms with Gasteiger partial charge in [0.25, 0.3) is 0 Å². The first-order valence-electron chi connectivity index (χ1n) is 11.6. The summed E-state index contributed by atoms with van der Waals surface area (Å²) in [6, 6.07) is 19.3. The van der Waals surface area contributed by atoms with Gasteiger partial charge in [-0.15, -0.1) is 0 Å². The standard InChI is InChI=1S/C26H36N2O3/c1-2-27-26(31)23-17-21(13-15-24(29)19-9-5-3-6-10-19)22(18-28-23)14-16-25(30)20-11-7-4-8-12-20/h3-12,21-25,28-30H,2,13-18H2,1H3,(H,27,31)/t21-,22+,23+,24?,25?/m1/s1. The highest BCUT2D eigenvalue weighted by Crippen LogP contribution is 2.34. The average molecular weight is 425 g/mol. The number of carbonyl (C=O) groups is 1. The molecule has 0 aromatic heterocycles. The second-order valence-corrected chi connectivity index (χ2v) is 8.62. The third kappa shape index (κ3) is 6.89. The van der Waals surface area contributed by atoms with Crippen molar-refractivity contribution in [3.63, 3.8) is 0 Å². The number of nitrogens with one attached hydrogen (secondary N) is 2. The predicted molar refractivity (Wildman–Crippen MR) is 123 cm³/mol. The van der Waals surface area contributed by atoms with Crippen molar-refractivity contribution in [2.24, 2.45) is 11.8 Å². The summed E-state index contributed by atoms with van der Waals surface area (Å²) in [5.74, 6) is 0.751. The molecule has 1 heterocycles. The van der Waals surface area contributed by atoms with Crippen LogP contribution in [-0.4, -0.2) is 35.3 Å². The molecule has 4 N–H and O–H groups in total. The van der Waals surface area contributed by atoms with Crippen LogP contribution in [0.25, 0.3) is 0 Å². The van der Waals surface area contributed by atoms with Crippen LogP contribution in [0.2, 0.25) is 0 Å². The van der Waals surface area contributed by atoms with E-state index in [9.17, 15) is 15.0 Å². The second kappa shape index (κ2) is 12.0. The van der Waals surface area contributed by atoms with Gasteiger partial charge >= 0.3 is 0 Å². The van der Waals surface area contributed by atoms with Gasteiger partial charge in [0.05, 0.1) is 18.2 Å². The third-order valence-corrected chi connectivity index (χ3v) is 6.49. The number of hydrogen-bond acceptors (Lipinski definition) is 4. The molecule has 31 heavy (non-hydrogen) atoms. The van der Waals surface area contributed by atoms with Crippen LogP contribution in [0.5, 0.6) is 0 Å². The van der Waals surface area contributed by atoms with Gasteiger partial charge in [0.2, 0.25) is 5.91 Å². The van der Waals surface area contributed by atoms with Gasteiger partial charge in [-0.2, -0.15) is 0 Å². The Morgan fingerprint density at radius 3 is 1.97 bits per heavy atom. The number of carbonyl (C=O) groups excluding carboxylic acids is 1. The summed E-state index contributed by atoms with van der Waals surface area (Å²) in [7, 11) is 0. The Morgan fingerprint density at radius 1 is 0.935 bits per heavy atom. The van der Waals surface area contributed by atoms with E-state index in [4.69, 9.17) is 0 Å². The van der Waals surface area contributed by atoms with Crippen LogP contribution in [-0.2, 0) is 4.79 Å². The molecular weight excluding hydrogens is 388 g/mol. The van der Waals surface area contributed by atoms with Crippen LogP contribution in [0.15, 0.2) is 60.7 Å². The summed E-state index contributed by atoms with van der Waals surface area (Å²) < 4.78 is 0. The summed E-state index contributed by atoms with van der Waals surface area (Å²) in [5.41, 5.74) is 1.88. The largest absolute Gasteiger partial charge is 0.388 e. The highest BCUT2D eigenvalue weighted by molar-refractivity contribution is 5.81. The fraction of sp³-hybridized carbons (Fsp3) is 0.500. The first kappa shape index (κ1) is 23.5. The summed E-state index contributed by atoms with van der Waals surface area (Å²) in [4.78, 5) is 12.4. The number of benzene rings is 2. The van der Waals surface area contributed by atoms with Gasteiger partial charge in [-0.1, -0.05) is 60.7 Å². The molecule has 1 aliphatic rings. The molecule has 1 amide bonds. The minimum atomic E-state index is -0.491. The van der Waals surface area contributed by atoms with Gasteiger partial charge in [0, 0.05) is 6.54 Å². The van der Waals surface area contributed by atoms with Crippen molar-refractivity contribution < 1.29 is 15.0 Å². The number of amides is 1. The summed E-state index contributed by atoms with van der Waals surface area (Å²) in [6.07, 6.45) is 2.91. The zero-order valence-corrected chi connectivity index (χ0v) is 18.4. The van der Waals surface area contributed by atoms with Gasteiger partial charge in [-0.3, -0.25) is 4.79 Å². The Hall–Kier alpha value is -2.21. The third-order valence-electron chi connectivity index (χ3n) is 6.49. The summed E-state index contributed by atoms with van der Waals surface area (Å²) in [5, 5.41) is 27.6. The van der Waals surface area contributed by atoms with E-state index in [0.29, 0.717) is 31.2 Å². The summed E-state index contributed by atoms with van der Waals surface area (Å²) in [6.45, 7) is 3.32. The molecular formula is C26H36N2O3. The monoisotopic (exact) mass is 424 g/mol. The average Bonchev–Trinajstić information content (AvgIpc) is 2.82. The van der Waals surface area contributed by atoms with Crippen LogP contribution in [0.1, 0.15) is 62.4 Å². The smallest absolute Gasteiger partial charge is 0.237 e. The highest BCUT2D eigenvalue weighted by atomic mass is 16.3. The molecule has 0 radical (unpaired) electrons. The van der Waals surface area contributed by atoms with E-state index in [1.54, 1.807) is 0 Å². The lowest BCUT2D eigenvalue weighted by Crippen LogP contribution is -2.51. The van der Waals surface area contributed by atoms with E-state index in [1.807, 2.05) is 67.6 Å². The van der Waals surface area contributed by atoms with E-state index in [1.165, 1.54) is 0 Å². The number of aliphatic hydroxyl groups is 2. The van der Waals surface area contributed by atoms with Crippen LogP contribution < -0.4 is 10.6 Å². The quantitative estimate of drug-likeness (QED) is 0.468. The van der Waals surface area contributed by atoms with E-state index in [0.717, 1.165) is 36.9 Å². The van der Waals surface area contributed by atoms with Gasteiger partial charge < -0.3 is 20.8 Å². The van der Waals surface area contributed by atoms with Crippen molar-refractivity contribution in [3.8, 4) is 0 Å². The lowest BCUT2D eigenvalue weighted by Gasteiger charge is -2.37. The molecule has 0 bridgehead atoms. The topological polar surface area (TPSA) is 81.6 Å². The van der Waals surface area contributed by atoms with Crippen LogP contribution in [0.3, 0.4) is 0 Å². The normalized spacial score (nSPS) is 23.1. The molecule has 1 saturated heterocycles. The van der Waals surface area contributed by atoms with Crippen LogP contribution in [0, 0.1) is 11.8 Å². The number of piperidine rings is 1. The molecule has 168 valence electrons. The van der Waals surface area contributed by atoms with E-state index in [2.05, 4.69) is 10.6 Å². The Morgan fingerprint density at radius 2 is 1.45 bits per heavy atom. The van der Waals surface area contributed by atoms with Gasteiger partial charge in [0.15, 0.2) is 0 Å². The van der Waals surface area contributed by atoms with Crippen molar-refractivity contribution in [2.75, 3.05) is 13.1 Å². The number of likely N-dealkylation sites (N-methyl/N-ethyl adjacent to an activating group) is 1. The van der Waals surface area contributed by atoms with Gasteiger partial charge in [-0.25, -0.2) is 0 Å². The molecule has 2 aromatic carbocycles. The predicted octanol–water partition coefficient (Wildman–Crippen LogP) is 3.74. The Bertz CT molecular complexity index is 784. The van der Waals surface area contributed by atoms with E-state index in [-0.39, 0.29) is 11.9 Å². The SMILES string of the molecule is CCNC(=O)[C@@H]1C[C@@H](CCC(O)c2ccccc2)[C@@H](CCC(O)c2ccccc2)CN1. The molecule has 5 atom stereocenters. The van der Waals surface area contributed by atoms with E-state index < -0.39 is 12.2 Å². The molecule has 5 heteroatoms. The minimum absolute atomic E-state index is 0.0545. The zero-order valence-electron chi connectivity index (χ0n) is 18.4. The maximum Gasteiger partial charge on any atom is 0.237 e. The Balaban J connectivity index is 1.60. The molecule has 1 fully saturated rings. The van der Waals surface area contributed by atoms with Crippen molar-refractivity contribution in [3.05, 3.63) is 71.8 Å². The van der Waals surface area contributed by atoms with Crippen molar-refractivity contribution in [2.45, 2.75) is 57.3 Å². The van der Waals surface area contributed by atoms with Gasteiger partial charge in [-0.05, 0) is 68.5 Å². The first-order chi connectivity index (χ1) is 15.1. The maximum atomic E-state index is 12.4. The summed E-state index contributed by atoms with van der Waals surface area (Å²) >= 11 is 0. The van der Waals surface area contributed by atoms with Gasteiger partial charge in [0.1, 0.15) is 0 Å². The molecule has 5 nitrogen and oxygen atoms in total.